The van der Waals surface area contributed by atoms with Crippen LogP contribution in [0.4, 0.5) is 0 Å². The van der Waals surface area contributed by atoms with Gasteiger partial charge in [-0.2, -0.15) is 0 Å². The lowest BCUT2D eigenvalue weighted by Gasteiger charge is -2.22. The molecule has 3 aliphatic rings. The SMILES string of the molecule is O=C1OCC2=C3COCC3CC(c3ccccc3)=C12. The third-order valence-electron chi connectivity index (χ3n) is 4.19. The first-order chi connectivity index (χ1) is 9.34. The number of hydrogen-bond donors (Lipinski definition) is 0. The summed E-state index contributed by atoms with van der Waals surface area (Å²) in [6.45, 7) is 1.83. The average molecular weight is 254 g/mol. The first-order valence-electron chi connectivity index (χ1n) is 6.60. The molecule has 0 amide bonds. The van der Waals surface area contributed by atoms with Gasteiger partial charge >= 0.3 is 5.97 Å². The van der Waals surface area contributed by atoms with E-state index in [1.165, 1.54) is 5.57 Å². The molecule has 96 valence electrons. The molecule has 0 radical (unpaired) electrons. The Morgan fingerprint density at radius 1 is 1.05 bits per heavy atom. The molecular weight excluding hydrogens is 240 g/mol. The molecule has 2 saturated heterocycles. The molecule has 1 unspecified atom stereocenters. The molecule has 2 fully saturated rings. The van der Waals surface area contributed by atoms with E-state index in [9.17, 15) is 4.79 Å². The van der Waals surface area contributed by atoms with Crippen LogP contribution in [0.2, 0.25) is 0 Å². The highest BCUT2D eigenvalue weighted by Crippen LogP contribution is 2.44. The number of carbonyl (C=O) groups is 1. The van der Waals surface area contributed by atoms with Crippen molar-refractivity contribution in [1.29, 1.82) is 0 Å². The van der Waals surface area contributed by atoms with Gasteiger partial charge in [0.25, 0.3) is 0 Å². The van der Waals surface area contributed by atoms with Crippen molar-refractivity contribution in [1.82, 2.24) is 0 Å². The number of benzene rings is 1. The lowest BCUT2D eigenvalue weighted by Crippen LogP contribution is -2.14. The van der Waals surface area contributed by atoms with E-state index < -0.39 is 0 Å². The second-order valence-corrected chi connectivity index (χ2v) is 5.22. The van der Waals surface area contributed by atoms with Gasteiger partial charge in [0.15, 0.2) is 0 Å². The molecule has 0 saturated carbocycles. The number of esters is 1. The van der Waals surface area contributed by atoms with Crippen LogP contribution in [0.15, 0.2) is 47.1 Å². The summed E-state index contributed by atoms with van der Waals surface area (Å²) >= 11 is 0. The molecule has 1 aliphatic carbocycles. The van der Waals surface area contributed by atoms with Crippen molar-refractivity contribution < 1.29 is 14.3 Å². The quantitative estimate of drug-likeness (QED) is 0.722. The lowest BCUT2D eigenvalue weighted by atomic mass is 9.79. The standard InChI is InChI=1S/C16H14O3/c17-16-15-12(10-4-2-1-3-5-10)6-11-7-18-8-13(11)14(15)9-19-16/h1-5,11H,6-9H2. The number of fused-ring (bicyclic) bond motifs is 2. The molecule has 1 atom stereocenters. The third-order valence-corrected chi connectivity index (χ3v) is 4.19. The Morgan fingerprint density at radius 3 is 2.74 bits per heavy atom. The Balaban J connectivity index is 1.92. The molecule has 0 bridgehead atoms. The van der Waals surface area contributed by atoms with Crippen molar-refractivity contribution in [2.75, 3.05) is 19.8 Å². The van der Waals surface area contributed by atoms with E-state index >= 15 is 0 Å². The topological polar surface area (TPSA) is 35.5 Å². The first-order valence-corrected chi connectivity index (χ1v) is 6.60. The van der Waals surface area contributed by atoms with Crippen LogP contribution in [0.3, 0.4) is 0 Å². The van der Waals surface area contributed by atoms with Gasteiger partial charge in [-0.05, 0) is 23.1 Å². The van der Waals surface area contributed by atoms with E-state index in [2.05, 4.69) is 12.1 Å². The fraction of sp³-hybridized carbons (Fsp3) is 0.312. The van der Waals surface area contributed by atoms with Crippen molar-refractivity contribution in [2.45, 2.75) is 6.42 Å². The van der Waals surface area contributed by atoms with E-state index in [4.69, 9.17) is 9.47 Å². The number of allylic oxidation sites excluding steroid dienone is 1. The van der Waals surface area contributed by atoms with Gasteiger partial charge in [0.1, 0.15) is 6.61 Å². The monoisotopic (exact) mass is 254 g/mol. The molecule has 0 aromatic heterocycles. The second-order valence-electron chi connectivity index (χ2n) is 5.22. The number of ether oxygens (including phenoxy) is 2. The van der Waals surface area contributed by atoms with Crippen molar-refractivity contribution in [3.05, 3.63) is 52.6 Å². The van der Waals surface area contributed by atoms with Crippen LogP contribution >= 0.6 is 0 Å². The van der Waals surface area contributed by atoms with Gasteiger partial charge in [0.05, 0.1) is 18.8 Å². The van der Waals surface area contributed by atoms with Crippen LogP contribution in [-0.2, 0) is 14.3 Å². The molecule has 3 nitrogen and oxygen atoms in total. The molecule has 2 heterocycles. The van der Waals surface area contributed by atoms with Crippen LogP contribution in [0.25, 0.3) is 5.57 Å². The number of carbonyl (C=O) groups excluding carboxylic acids is 1. The van der Waals surface area contributed by atoms with Crippen LogP contribution in [0.5, 0.6) is 0 Å². The first kappa shape index (κ1) is 11.0. The van der Waals surface area contributed by atoms with Crippen molar-refractivity contribution in [3.63, 3.8) is 0 Å². The Labute approximate surface area is 111 Å². The second kappa shape index (κ2) is 4.07. The maximum atomic E-state index is 12.0. The summed E-state index contributed by atoms with van der Waals surface area (Å²) in [5, 5.41) is 0. The maximum Gasteiger partial charge on any atom is 0.339 e. The maximum absolute atomic E-state index is 12.0. The molecular formula is C16H14O3. The summed E-state index contributed by atoms with van der Waals surface area (Å²) in [5.41, 5.74) is 5.40. The number of rotatable bonds is 1. The molecule has 0 N–H and O–H groups in total. The third kappa shape index (κ3) is 1.58. The van der Waals surface area contributed by atoms with Gasteiger partial charge in [0.2, 0.25) is 0 Å². The van der Waals surface area contributed by atoms with Gasteiger partial charge in [-0.15, -0.1) is 0 Å². The van der Waals surface area contributed by atoms with Gasteiger partial charge in [0, 0.05) is 11.5 Å². The summed E-state index contributed by atoms with van der Waals surface area (Å²) in [7, 11) is 0. The average Bonchev–Trinajstić information content (AvgIpc) is 3.05. The van der Waals surface area contributed by atoms with E-state index in [1.54, 1.807) is 0 Å². The zero-order valence-corrected chi connectivity index (χ0v) is 10.5. The molecule has 1 aromatic rings. The fourth-order valence-electron chi connectivity index (χ4n) is 3.26. The van der Waals surface area contributed by atoms with Crippen molar-refractivity contribution in [3.8, 4) is 0 Å². The number of hydrogen-bond acceptors (Lipinski definition) is 3. The minimum atomic E-state index is -0.174. The summed E-state index contributed by atoms with van der Waals surface area (Å²) in [6, 6.07) is 10.1. The molecule has 2 aliphatic heterocycles. The number of cyclic esters (lactones) is 1. The Morgan fingerprint density at radius 2 is 1.89 bits per heavy atom. The predicted molar refractivity (Wildman–Crippen MR) is 70.3 cm³/mol. The van der Waals surface area contributed by atoms with Crippen LogP contribution < -0.4 is 0 Å². The van der Waals surface area contributed by atoms with Gasteiger partial charge in [-0.1, -0.05) is 30.3 Å². The summed E-state index contributed by atoms with van der Waals surface area (Å²) in [4.78, 5) is 12.0. The lowest BCUT2D eigenvalue weighted by molar-refractivity contribution is -0.134. The van der Waals surface area contributed by atoms with E-state index in [1.807, 2.05) is 18.2 Å². The minimum Gasteiger partial charge on any atom is -0.457 e. The largest absolute Gasteiger partial charge is 0.457 e. The smallest absolute Gasteiger partial charge is 0.339 e. The normalized spacial score (nSPS) is 25.5. The highest BCUT2D eigenvalue weighted by atomic mass is 16.5. The Bertz CT molecular complexity index is 610. The molecule has 4 rings (SSSR count). The van der Waals surface area contributed by atoms with Crippen LogP contribution in [0.1, 0.15) is 12.0 Å². The Kier molecular flexibility index (Phi) is 2.35. The highest BCUT2D eigenvalue weighted by Gasteiger charge is 2.39. The molecule has 0 spiro atoms. The predicted octanol–water partition coefficient (Wildman–Crippen LogP) is 2.34. The molecule has 1 aromatic carbocycles. The zero-order chi connectivity index (χ0) is 12.8. The fourth-order valence-corrected chi connectivity index (χ4v) is 3.26. The van der Waals surface area contributed by atoms with E-state index in [0.717, 1.165) is 35.3 Å². The molecule has 3 heteroatoms. The van der Waals surface area contributed by atoms with Crippen molar-refractivity contribution in [2.24, 2.45) is 5.92 Å². The van der Waals surface area contributed by atoms with Gasteiger partial charge < -0.3 is 9.47 Å². The Hall–Kier alpha value is -1.87. The van der Waals surface area contributed by atoms with E-state index in [-0.39, 0.29) is 5.97 Å². The van der Waals surface area contributed by atoms with E-state index in [0.29, 0.717) is 19.1 Å². The molecule has 19 heavy (non-hydrogen) atoms. The summed E-state index contributed by atoms with van der Waals surface area (Å²) in [6.07, 6.45) is 0.882. The summed E-state index contributed by atoms with van der Waals surface area (Å²) < 4.78 is 10.8. The van der Waals surface area contributed by atoms with Crippen molar-refractivity contribution >= 4 is 11.5 Å². The summed E-state index contributed by atoms with van der Waals surface area (Å²) in [5.74, 6) is 0.246. The van der Waals surface area contributed by atoms with Gasteiger partial charge in [-0.25, -0.2) is 4.79 Å². The van der Waals surface area contributed by atoms with Gasteiger partial charge in [-0.3, -0.25) is 0 Å². The van der Waals surface area contributed by atoms with Crippen LogP contribution in [0, 0.1) is 5.92 Å². The zero-order valence-electron chi connectivity index (χ0n) is 10.5. The minimum absolute atomic E-state index is 0.174. The van der Waals surface area contributed by atoms with Crippen LogP contribution in [-0.4, -0.2) is 25.8 Å². The highest BCUT2D eigenvalue weighted by molar-refractivity contribution is 6.05.